The zero-order valence-corrected chi connectivity index (χ0v) is 32.2. The molecule has 0 saturated carbocycles. The van der Waals surface area contributed by atoms with Crippen molar-refractivity contribution in [3.63, 3.8) is 0 Å². The molecule has 0 aliphatic carbocycles. The van der Waals surface area contributed by atoms with Crippen LogP contribution in [0.2, 0.25) is 0 Å². The second-order valence-electron chi connectivity index (χ2n) is 15.2. The Morgan fingerprint density at radius 1 is 0.300 bits per heavy atom. The van der Waals surface area contributed by atoms with Gasteiger partial charge in [-0.05, 0) is 82.9 Å². The Hall–Kier alpha value is -8.15. The van der Waals surface area contributed by atoms with Crippen LogP contribution < -0.4 is 0 Å². The third-order valence-electron chi connectivity index (χ3n) is 11.5. The maximum Gasteiger partial charge on any atom is 0.162 e. The van der Waals surface area contributed by atoms with Crippen LogP contribution in [0.5, 0.6) is 0 Å². The molecule has 4 heterocycles. The number of hydrogen-bond acceptors (Lipinski definition) is 5. The summed E-state index contributed by atoms with van der Waals surface area (Å²) in [6.07, 6.45) is 0. The molecule has 8 aromatic carbocycles. The molecule has 0 aliphatic rings. The van der Waals surface area contributed by atoms with Crippen molar-refractivity contribution in [2.24, 2.45) is 0 Å². The van der Waals surface area contributed by atoms with Crippen molar-refractivity contribution in [2.75, 3.05) is 0 Å². The minimum Gasteiger partial charge on any atom is -0.456 e. The van der Waals surface area contributed by atoms with Crippen LogP contribution in [-0.4, -0.2) is 15.0 Å². The average Bonchev–Trinajstić information content (AvgIpc) is 3.91. The lowest BCUT2D eigenvalue weighted by Crippen LogP contribution is -1.96. The van der Waals surface area contributed by atoms with E-state index in [1.165, 1.54) is 11.1 Å². The largest absolute Gasteiger partial charge is 0.456 e. The summed E-state index contributed by atoms with van der Waals surface area (Å²) < 4.78 is 12.9. The molecule has 0 unspecified atom stereocenters. The number of benzene rings is 8. The van der Waals surface area contributed by atoms with Gasteiger partial charge in [-0.25, -0.2) is 15.0 Å². The molecule has 280 valence electrons. The lowest BCUT2D eigenvalue weighted by molar-refractivity contribution is 0.668. The number of fused-ring (bicyclic) bond motifs is 8. The molecule has 0 spiro atoms. The summed E-state index contributed by atoms with van der Waals surface area (Å²) in [5, 5.41) is 5.29. The van der Waals surface area contributed by atoms with Crippen LogP contribution in [0.4, 0.5) is 0 Å². The molecule has 4 aromatic heterocycles. The molecule has 0 amide bonds. The standard InChI is InChI=1S/C55H33N3O2/c1-3-13-34(14-4-1)36-17-11-18-37(29-36)38-25-27-46-45(31-38)52-43-22-8-10-24-50(43)60-54(52)53(56-46)41-20-12-19-39(30-41)47-33-48(58-55(57-47)35-15-5-2-6-16-35)40-26-28-51-44(32-40)42-21-7-9-23-49(42)59-51/h1-33H. The first-order chi connectivity index (χ1) is 29.7. The van der Waals surface area contributed by atoms with Crippen LogP contribution >= 0.6 is 0 Å². The van der Waals surface area contributed by atoms with Crippen molar-refractivity contribution in [3.05, 3.63) is 200 Å². The van der Waals surface area contributed by atoms with Gasteiger partial charge in [-0.1, -0.05) is 140 Å². The van der Waals surface area contributed by atoms with Crippen LogP contribution in [0.15, 0.2) is 209 Å². The number of furan rings is 2. The smallest absolute Gasteiger partial charge is 0.162 e. The maximum atomic E-state index is 6.73. The Morgan fingerprint density at radius 2 is 0.833 bits per heavy atom. The molecule has 0 fully saturated rings. The lowest BCUT2D eigenvalue weighted by Gasteiger charge is -2.12. The van der Waals surface area contributed by atoms with Gasteiger partial charge in [0.15, 0.2) is 11.4 Å². The van der Waals surface area contributed by atoms with Gasteiger partial charge >= 0.3 is 0 Å². The molecule has 0 aliphatic heterocycles. The number of para-hydroxylation sites is 2. The summed E-state index contributed by atoms with van der Waals surface area (Å²) in [4.78, 5) is 15.7. The van der Waals surface area contributed by atoms with E-state index in [2.05, 4.69) is 140 Å². The van der Waals surface area contributed by atoms with Gasteiger partial charge in [-0.2, -0.15) is 0 Å². The predicted octanol–water partition coefficient (Wildman–Crippen LogP) is 14.8. The van der Waals surface area contributed by atoms with Gasteiger partial charge in [0.05, 0.1) is 16.9 Å². The van der Waals surface area contributed by atoms with Crippen molar-refractivity contribution in [2.45, 2.75) is 0 Å². The van der Waals surface area contributed by atoms with E-state index in [-0.39, 0.29) is 0 Å². The molecule has 0 radical (unpaired) electrons. The van der Waals surface area contributed by atoms with Crippen molar-refractivity contribution in [1.82, 2.24) is 15.0 Å². The Balaban J connectivity index is 1.01. The number of hydrogen-bond donors (Lipinski definition) is 0. The maximum absolute atomic E-state index is 6.73. The zero-order valence-electron chi connectivity index (χ0n) is 32.2. The predicted molar refractivity (Wildman–Crippen MR) is 245 cm³/mol. The third kappa shape index (κ3) is 5.75. The Morgan fingerprint density at radius 3 is 1.62 bits per heavy atom. The van der Waals surface area contributed by atoms with E-state index in [1.807, 2.05) is 60.7 Å². The van der Waals surface area contributed by atoms with E-state index in [4.69, 9.17) is 23.8 Å². The lowest BCUT2D eigenvalue weighted by atomic mass is 9.96. The van der Waals surface area contributed by atoms with Gasteiger partial charge in [0, 0.05) is 49.2 Å². The number of nitrogens with zero attached hydrogens (tertiary/aromatic N) is 3. The molecule has 60 heavy (non-hydrogen) atoms. The van der Waals surface area contributed by atoms with Crippen LogP contribution in [0.1, 0.15) is 0 Å². The SMILES string of the molecule is c1ccc(-c2cccc(-c3ccc4nc(-c5cccc(-c6cc(-c7ccc8oc9ccccc9c8c7)nc(-c7ccccc7)n6)c5)c5oc6ccccc6c5c4c3)c2)cc1. The van der Waals surface area contributed by atoms with Gasteiger partial charge in [0.2, 0.25) is 0 Å². The number of pyridine rings is 1. The molecular formula is C55H33N3O2. The molecule has 0 atom stereocenters. The van der Waals surface area contributed by atoms with E-state index in [1.54, 1.807) is 0 Å². The van der Waals surface area contributed by atoms with Gasteiger partial charge in [-0.3, -0.25) is 0 Å². The number of rotatable bonds is 6. The van der Waals surface area contributed by atoms with Crippen molar-refractivity contribution < 1.29 is 8.83 Å². The summed E-state index contributed by atoms with van der Waals surface area (Å²) in [6.45, 7) is 0. The number of aromatic nitrogens is 3. The normalized spacial score (nSPS) is 11.7. The fourth-order valence-corrected chi connectivity index (χ4v) is 8.54. The third-order valence-corrected chi connectivity index (χ3v) is 11.5. The zero-order chi connectivity index (χ0) is 39.6. The summed E-state index contributed by atoms with van der Waals surface area (Å²) >= 11 is 0. The minimum atomic E-state index is 0.652. The van der Waals surface area contributed by atoms with E-state index in [0.717, 1.165) is 105 Å². The topological polar surface area (TPSA) is 65.0 Å². The molecule has 0 N–H and O–H groups in total. The van der Waals surface area contributed by atoms with Crippen LogP contribution in [0.3, 0.4) is 0 Å². The fourth-order valence-electron chi connectivity index (χ4n) is 8.54. The Labute approximate surface area is 344 Å². The van der Waals surface area contributed by atoms with E-state index in [0.29, 0.717) is 5.82 Å². The van der Waals surface area contributed by atoms with Gasteiger partial charge < -0.3 is 8.83 Å². The molecule has 5 heteroatoms. The second-order valence-corrected chi connectivity index (χ2v) is 15.2. The first-order valence-corrected chi connectivity index (χ1v) is 20.1. The summed E-state index contributed by atoms with van der Waals surface area (Å²) in [5.74, 6) is 0.652. The molecule has 12 aromatic rings. The highest BCUT2D eigenvalue weighted by Crippen LogP contribution is 2.42. The van der Waals surface area contributed by atoms with Crippen molar-refractivity contribution in [3.8, 4) is 67.4 Å². The minimum absolute atomic E-state index is 0.652. The molecule has 0 saturated heterocycles. The van der Waals surface area contributed by atoms with E-state index < -0.39 is 0 Å². The molecule has 12 rings (SSSR count). The monoisotopic (exact) mass is 767 g/mol. The van der Waals surface area contributed by atoms with Gasteiger partial charge in [-0.15, -0.1) is 0 Å². The average molecular weight is 768 g/mol. The Kier molecular flexibility index (Phi) is 7.78. The fraction of sp³-hybridized carbons (Fsp3) is 0. The van der Waals surface area contributed by atoms with Gasteiger partial charge in [0.25, 0.3) is 0 Å². The molecular weight excluding hydrogens is 735 g/mol. The van der Waals surface area contributed by atoms with Crippen molar-refractivity contribution in [1.29, 1.82) is 0 Å². The first kappa shape index (κ1) is 33.9. The highest BCUT2D eigenvalue weighted by molar-refractivity contribution is 6.21. The summed E-state index contributed by atoms with van der Waals surface area (Å²) in [5.41, 5.74) is 15.1. The van der Waals surface area contributed by atoms with Crippen LogP contribution in [0, 0.1) is 0 Å². The van der Waals surface area contributed by atoms with Crippen molar-refractivity contribution >= 4 is 54.8 Å². The quantitative estimate of drug-likeness (QED) is 0.169. The highest BCUT2D eigenvalue weighted by atomic mass is 16.3. The van der Waals surface area contributed by atoms with E-state index >= 15 is 0 Å². The summed E-state index contributed by atoms with van der Waals surface area (Å²) in [7, 11) is 0. The molecule has 0 bridgehead atoms. The highest BCUT2D eigenvalue weighted by Gasteiger charge is 2.20. The summed E-state index contributed by atoms with van der Waals surface area (Å²) in [6, 6.07) is 69.1. The second kappa shape index (κ2) is 13.8. The van der Waals surface area contributed by atoms with Crippen LogP contribution in [-0.2, 0) is 0 Å². The van der Waals surface area contributed by atoms with Crippen LogP contribution in [0.25, 0.3) is 122 Å². The Bertz CT molecular complexity index is 3610. The molecule has 5 nitrogen and oxygen atoms in total. The van der Waals surface area contributed by atoms with Gasteiger partial charge in [0.1, 0.15) is 22.4 Å². The first-order valence-electron chi connectivity index (χ1n) is 20.1. The van der Waals surface area contributed by atoms with E-state index in [9.17, 15) is 0 Å².